The van der Waals surface area contributed by atoms with Crippen molar-refractivity contribution in [1.29, 1.82) is 0 Å². The van der Waals surface area contributed by atoms with Crippen LogP contribution < -0.4 is 16.2 Å². The molecule has 1 aliphatic rings. The van der Waals surface area contributed by atoms with Gasteiger partial charge in [-0.1, -0.05) is 43.0 Å². The maximum absolute atomic E-state index is 13.0. The molecule has 2 amide bonds. The molecule has 0 unspecified atom stereocenters. The van der Waals surface area contributed by atoms with Gasteiger partial charge in [-0.25, -0.2) is 0 Å². The first-order valence-corrected chi connectivity index (χ1v) is 11.1. The molecule has 1 aromatic heterocycles. The molecule has 164 valence electrons. The summed E-state index contributed by atoms with van der Waals surface area (Å²) in [4.78, 5) is 38.1. The van der Waals surface area contributed by atoms with Gasteiger partial charge < -0.3 is 10.6 Å². The zero-order valence-corrected chi connectivity index (χ0v) is 18.3. The van der Waals surface area contributed by atoms with Gasteiger partial charge in [0.2, 0.25) is 0 Å². The predicted octanol–water partition coefficient (Wildman–Crippen LogP) is 4.81. The Labute approximate surface area is 191 Å². The molecule has 2 aromatic carbocycles. The molecule has 3 aromatic rings. The van der Waals surface area contributed by atoms with Crippen LogP contribution in [0.5, 0.6) is 0 Å². The first-order valence-electron chi connectivity index (χ1n) is 10.7. The summed E-state index contributed by atoms with van der Waals surface area (Å²) < 4.78 is 1.43. The minimum absolute atomic E-state index is 0.120. The smallest absolute Gasteiger partial charge is 0.267 e. The monoisotopic (exact) mass is 449 g/mol. The third-order valence-electron chi connectivity index (χ3n) is 5.65. The van der Waals surface area contributed by atoms with E-state index >= 15 is 0 Å². The zero-order chi connectivity index (χ0) is 22.5. The number of pyridine rings is 1. The van der Waals surface area contributed by atoms with Gasteiger partial charge in [0.25, 0.3) is 17.4 Å². The van der Waals surface area contributed by atoms with Crippen molar-refractivity contribution in [2.75, 3.05) is 5.32 Å². The molecule has 0 spiro atoms. The number of aromatic nitrogens is 1. The Hall–Kier alpha value is -3.38. The number of hydrogen-bond donors (Lipinski definition) is 2. The fourth-order valence-corrected chi connectivity index (χ4v) is 4.15. The molecule has 0 atom stereocenters. The Bertz CT molecular complexity index is 1180. The van der Waals surface area contributed by atoms with Crippen molar-refractivity contribution in [3.05, 3.63) is 93.4 Å². The number of carbonyl (C=O) groups is 2. The molecular formula is C25H24ClN3O3. The summed E-state index contributed by atoms with van der Waals surface area (Å²) in [5, 5.41) is 6.16. The molecule has 1 heterocycles. The van der Waals surface area contributed by atoms with E-state index in [-0.39, 0.29) is 29.0 Å². The second-order valence-corrected chi connectivity index (χ2v) is 8.29. The summed E-state index contributed by atoms with van der Waals surface area (Å²) in [6.07, 6.45) is 6.92. The van der Waals surface area contributed by atoms with E-state index in [1.165, 1.54) is 11.0 Å². The molecule has 2 N–H and O–H groups in total. The Morgan fingerprint density at radius 2 is 1.53 bits per heavy atom. The summed E-state index contributed by atoms with van der Waals surface area (Å²) in [5.41, 5.74) is 1.28. The van der Waals surface area contributed by atoms with Crippen LogP contribution in [0.3, 0.4) is 0 Å². The highest BCUT2D eigenvalue weighted by Gasteiger charge is 2.19. The van der Waals surface area contributed by atoms with Crippen molar-refractivity contribution < 1.29 is 9.59 Å². The van der Waals surface area contributed by atoms with Crippen LogP contribution in [0.2, 0.25) is 5.02 Å². The molecule has 1 aliphatic carbocycles. The fourth-order valence-electron chi connectivity index (χ4n) is 3.93. The number of nitrogens with one attached hydrogen (secondary N) is 2. The lowest BCUT2D eigenvalue weighted by Gasteiger charge is -2.22. The number of hydrogen-bond acceptors (Lipinski definition) is 3. The van der Waals surface area contributed by atoms with Gasteiger partial charge in [0.15, 0.2) is 0 Å². The highest BCUT2D eigenvalue weighted by Crippen LogP contribution is 2.19. The van der Waals surface area contributed by atoms with Crippen molar-refractivity contribution in [3.63, 3.8) is 0 Å². The van der Waals surface area contributed by atoms with Crippen LogP contribution in [0, 0.1) is 0 Å². The summed E-state index contributed by atoms with van der Waals surface area (Å²) in [6.45, 7) is 0. The number of amides is 2. The Morgan fingerprint density at radius 1 is 0.844 bits per heavy atom. The standard InChI is InChI=1S/C25H24ClN3O3/c26-22-11-5-4-9-20(22)23(30)28-18-12-14-19(15-13-18)29-16-6-10-21(25(29)32)24(31)27-17-7-2-1-3-8-17/h4-6,9-17H,1-3,7-8H2,(H,27,31)(H,28,30). The summed E-state index contributed by atoms with van der Waals surface area (Å²) in [7, 11) is 0. The minimum Gasteiger partial charge on any atom is -0.349 e. The third-order valence-corrected chi connectivity index (χ3v) is 5.98. The van der Waals surface area contributed by atoms with E-state index in [2.05, 4.69) is 10.6 Å². The van der Waals surface area contributed by atoms with Crippen molar-refractivity contribution >= 4 is 29.1 Å². The lowest BCUT2D eigenvalue weighted by molar-refractivity contribution is 0.0925. The van der Waals surface area contributed by atoms with E-state index in [0.29, 0.717) is 22.0 Å². The van der Waals surface area contributed by atoms with Gasteiger partial charge in [-0.15, -0.1) is 0 Å². The van der Waals surface area contributed by atoms with E-state index in [9.17, 15) is 14.4 Å². The average molecular weight is 450 g/mol. The first-order chi connectivity index (χ1) is 15.5. The van der Waals surface area contributed by atoms with E-state index < -0.39 is 0 Å². The van der Waals surface area contributed by atoms with Gasteiger partial charge in [0.05, 0.1) is 10.6 Å². The van der Waals surface area contributed by atoms with Crippen LogP contribution in [0.25, 0.3) is 5.69 Å². The first kappa shape index (κ1) is 21.8. The normalized spacial score (nSPS) is 14.0. The molecule has 7 heteroatoms. The summed E-state index contributed by atoms with van der Waals surface area (Å²) in [5.74, 6) is -0.651. The minimum atomic E-state index is -0.381. The number of rotatable bonds is 5. The predicted molar refractivity (Wildman–Crippen MR) is 126 cm³/mol. The maximum Gasteiger partial charge on any atom is 0.267 e. The SMILES string of the molecule is O=C(Nc1ccc(-n2cccc(C(=O)NC3CCCCC3)c2=O)cc1)c1ccccc1Cl. The molecular weight excluding hydrogens is 426 g/mol. The number of nitrogens with zero attached hydrogens (tertiary/aromatic N) is 1. The van der Waals surface area contributed by atoms with Crippen molar-refractivity contribution in [1.82, 2.24) is 9.88 Å². The molecule has 4 rings (SSSR count). The lowest BCUT2D eigenvalue weighted by atomic mass is 9.95. The third kappa shape index (κ3) is 4.92. The molecule has 0 aliphatic heterocycles. The van der Waals surface area contributed by atoms with Gasteiger partial charge in [-0.05, 0) is 61.4 Å². The largest absolute Gasteiger partial charge is 0.349 e. The average Bonchev–Trinajstić information content (AvgIpc) is 2.81. The number of halogens is 1. The fraction of sp³-hybridized carbons (Fsp3) is 0.240. The van der Waals surface area contributed by atoms with Crippen LogP contribution in [0.1, 0.15) is 52.8 Å². The van der Waals surface area contributed by atoms with Crippen molar-refractivity contribution in [2.24, 2.45) is 0 Å². The Balaban J connectivity index is 1.50. The van der Waals surface area contributed by atoms with Crippen LogP contribution in [-0.2, 0) is 0 Å². The van der Waals surface area contributed by atoms with Gasteiger partial charge in [0, 0.05) is 23.6 Å². The number of benzene rings is 2. The van der Waals surface area contributed by atoms with Crippen LogP contribution in [-0.4, -0.2) is 22.4 Å². The van der Waals surface area contributed by atoms with E-state index in [0.717, 1.165) is 25.7 Å². The van der Waals surface area contributed by atoms with E-state index in [4.69, 9.17) is 11.6 Å². The molecule has 1 fully saturated rings. The van der Waals surface area contributed by atoms with Crippen LogP contribution in [0.15, 0.2) is 71.7 Å². The summed E-state index contributed by atoms with van der Waals surface area (Å²) in [6, 6.07) is 17.0. The van der Waals surface area contributed by atoms with Crippen LogP contribution >= 0.6 is 11.6 Å². The lowest BCUT2D eigenvalue weighted by Crippen LogP contribution is -2.39. The Morgan fingerprint density at radius 3 is 2.25 bits per heavy atom. The Kier molecular flexibility index (Phi) is 6.71. The van der Waals surface area contributed by atoms with Crippen LogP contribution in [0.4, 0.5) is 5.69 Å². The van der Waals surface area contributed by atoms with Gasteiger partial charge >= 0.3 is 0 Å². The molecule has 0 saturated heterocycles. The number of carbonyl (C=O) groups excluding carboxylic acids is 2. The second kappa shape index (κ2) is 9.83. The summed E-state index contributed by atoms with van der Waals surface area (Å²) >= 11 is 6.08. The second-order valence-electron chi connectivity index (χ2n) is 7.89. The quantitative estimate of drug-likeness (QED) is 0.586. The molecule has 0 radical (unpaired) electrons. The topological polar surface area (TPSA) is 80.2 Å². The van der Waals surface area contributed by atoms with Crippen molar-refractivity contribution in [2.45, 2.75) is 38.1 Å². The highest BCUT2D eigenvalue weighted by atomic mass is 35.5. The van der Waals surface area contributed by atoms with E-state index in [1.807, 2.05) is 0 Å². The zero-order valence-electron chi connectivity index (χ0n) is 17.5. The molecule has 0 bridgehead atoms. The van der Waals surface area contributed by atoms with E-state index in [1.54, 1.807) is 66.9 Å². The maximum atomic E-state index is 13.0. The van der Waals surface area contributed by atoms with Gasteiger partial charge in [-0.2, -0.15) is 0 Å². The van der Waals surface area contributed by atoms with Gasteiger partial charge in [-0.3, -0.25) is 19.0 Å². The highest BCUT2D eigenvalue weighted by molar-refractivity contribution is 6.34. The molecule has 1 saturated carbocycles. The molecule has 32 heavy (non-hydrogen) atoms. The van der Waals surface area contributed by atoms with Crippen molar-refractivity contribution in [3.8, 4) is 5.69 Å². The molecule has 6 nitrogen and oxygen atoms in total. The number of anilines is 1. The van der Waals surface area contributed by atoms with Gasteiger partial charge in [0.1, 0.15) is 5.56 Å².